The normalized spacial score (nSPS) is 28.0. The van der Waals surface area contributed by atoms with Crippen LogP contribution in [0.5, 0.6) is 0 Å². The van der Waals surface area contributed by atoms with E-state index in [1.165, 1.54) is 0 Å². The van der Waals surface area contributed by atoms with Crippen LogP contribution in [0.4, 0.5) is 11.9 Å². The number of carbonyl (C=O) groups excluding carboxylic acids is 1. The van der Waals surface area contributed by atoms with Crippen molar-refractivity contribution in [2.24, 2.45) is 0 Å². The molecule has 23 heavy (non-hydrogen) atoms. The van der Waals surface area contributed by atoms with E-state index in [9.17, 15) is 4.79 Å². The van der Waals surface area contributed by atoms with Gasteiger partial charge in [0.2, 0.25) is 22.9 Å². The van der Waals surface area contributed by atoms with Gasteiger partial charge in [-0.05, 0) is 25.6 Å². The molecule has 4 heterocycles. The minimum atomic E-state index is -0.542. The second kappa shape index (κ2) is 5.11. The third-order valence-corrected chi connectivity index (χ3v) is 4.96. The summed E-state index contributed by atoms with van der Waals surface area (Å²) in [5.74, 6) is 1.10. The smallest absolute Gasteiger partial charge is 0.247 e. The van der Waals surface area contributed by atoms with Crippen LogP contribution in [0.1, 0.15) is 19.8 Å². The van der Waals surface area contributed by atoms with Crippen LogP contribution in [0.25, 0.3) is 0 Å². The number of nitrogens with zero attached hydrogens (tertiary/aromatic N) is 6. The molecule has 1 aromatic heterocycles. The number of ether oxygens (including phenoxy) is 1. The third kappa shape index (κ3) is 2.20. The van der Waals surface area contributed by atoms with Gasteiger partial charge in [0.25, 0.3) is 0 Å². The summed E-state index contributed by atoms with van der Waals surface area (Å²) in [5.41, 5.74) is 2.75. The number of hydrogen-bond acceptors (Lipinski definition) is 7. The van der Waals surface area contributed by atoms with E-state index >= 15 is 0 Å². The summed E-state index contributed by atoms with van der Waals surface area (Å²) in [7, 11) is 1.83. The van der Waals surface area contributed by atoms with E-state index in [1.54, 1.807) is 14.6 Å². The minimum Gasteiger partial charge on any atom is -0.378 e. The van der Waals surface area contributed by atoms with Crippen molar-refractivity contribution in [2.75, 3.05) is 43.2 Å². The fraction of sp³-hybridized carbons (Fsp3) is 0.692. The molecule has 0 spiro atoms. The van der Waals surface area contributed by atoms with Crippen LogP contribution in [0.2, 0.25) is 0 Å². The Bertz CT molecular complexity index is 671. The average Bonchev–Trinajstić information content (AvgIpc) is 3.07. The van der Waals surface area contributed by atoms with Crippen molar-refractivity contribution in [3.05, 3.63) is 0 Å². The summed E-state index contributed by atoms with van der Waals surface area (Å²) in [6.45, 7) is 4.74. The van der Waals surface area contributed by atoms with Crippen LogP contribution >= 0.6 is 12.2 Å². The predicted octanol–water partition coefficient (Wildman–Crippen LogP) is -0.459. The van der Waals surface area contributed by atoms with E-state index in [0.717, 1.165) is 13.1 Å². The molecule has 1 N–H and O–H groups in total. The summed E-state index contributed by atoms with van der Waals surface area (Å²) in [6, 6.07) is 0. The van der Waals surface area contributed by atoms with Crippen LogP contribution in [-0.2, 0) is 9.53 Å². The summed E-state index contributed by atoms with van der Waals surface area (Å²) in [6.07, 6.45) is 1.17. The molecule has 0 saturated carbocycles. The van der Waals surface area contributed by atoms with Gasteiger partial charge in [-0.2, -0.15) is 9.67 Å². The highest BCUT2D eigenvalue weighted by Crippen LogP contribution is 2.35. The van der Waals surface area contributed by atoms with Crippen molar-refractivity contribution < 1.29 is 9.53 Å². The Labute approximate surface area is 139 Å². The Kier molecular flexibility index (Phi) is 3.29. The summed E-state index contributed by atoms with van der Waals surface area (Å²) < 4.78 is 6.94. The predicted molar refractivity (Wildman–Crippen MR) is 87.1 cm³/mol. The molecule has 124 valence electrons. The van der Waals surface area contributed by atoms with Gasteiger partial charge in [-0.15, -0.1) is 5.10 Å². The zero-order chi connectivity index (χ0) is 16.2. The minimum absolute atomic E-state index is 0.0280. The molecule has 1 aromatic rings. The summed E-state index contributed by atoms with van der Waals surface area (Å²) >= 11 is 5.49. The molecule has 0 aromatic carbocycles. The lowest BCUT2D eigenvalue weighted by atomic mass is 10.1. The molecule has 1 amide bonds. The number of amides is 1. The first-order valence-electron chi connectivity index (χ1n) is 7.68. The highest BCUT2D eigenvalue weighted by atomic mass is 32.1. The zero-order valence-corrected chi connectivity index (χ0v) is 14.0. The van der Waals surface area contributed by atoms with E-state index in [1.807, 2.05) is 14.0 Å². The Morgan fingerprint density at radius 1 is 1.35 bits per heavy atom. The Hall–Kier alpha value is -1.78. The van der Waals surface area contributed by atoms with E-state index in [4.69, 9.17) is 17.0 Å². The van der Waals surface area contributed by atoms with Crippen molar-refractivity contribution in [2.45, 2.75) is 25.4 Å². The van der Waals surface area contributed by atoms with Gasteiger partial charge in [-0.1, -0.05) is 0 Å². The van der Waals surface area contributed by atoms with Gasteiger partial charge >= 0.3 is 0 Å². The summed E-state index contributed by atoms with van der Waals surface area (Å²) in [4.78, 5) is 20.8. The van der Waals surface area contributed by atoms with Crippen molar-refractivity contribution in [3.8, 4) is 0 Å². The Balaban J connectivity index is 1.80. The number of hydrazine groups is 1. The number of fused-ring (bicyclic) bond motifs is 3. The first kappa shape index (κ1) is 14.8. The quantitative estimate of drug-likeness (QED) is 0.690. The Morgan fingerprint density at radius 3 is 2.83 bits per heavy atom. The second-order valence-electron chi connectivity index (χ2n) is 6.18. The first-order valence-corrected chi connectivity index (χ1v) is 8.09. The summed E-state index contributed by atoms with van der Waals surface area (Å²) in [5, 5.41) is 6.75. The van der Waals surface area contributed by atoms with Gasteiger partial charge in [0.1, 0.15) is 5.66 Å². The van der Waals surface area contributed by atoms with Gasteiger partial charge in [-0.25, -0.2) is 5.43 Å². The number of aromatic nitrogens is 3. The molecule has 3 aliphatic heterocycles. The standard InChI is InChI=1S/C13H19N7O2S/c1-13-4-3-9(21)19(13)11-14-10(18-5-7-22-8-6-18)15-20(11)12(23)17(2)16-13/h16H,3-8H2,1-2H3. The SMILES string of the molecule is CN1NC2(C)CCC(=O)N2c2nc(N3CCOCC3)nn2C1=S. The molecule has 1 atom stereocenters. The van der Waals surface area contributed by atoms with Gasteiger partial charge in [0.05, 0.1) is 13.2 Å². The first-order chi connectivity index (χ1) is 11.0. The lowest BCUT2D eigenvalue weighted by Crippen LogP contribution is -2.58. The molecule has 3 aliphatic rings. The molecule has 0 bridgehead atoms. The van der Waals surface area contributed by atoms with Crippen molar-refractivity contribution >= 4 is 35.1 Å². The van der Waals surface area contributed by atoms with E-state index in [2.05, 4.69) is 20.4 Å². The lowest BCUT2D eigenvalue weighted by Gasteiger charge is -2.34. The maximum Gasteiger partial charge on any atom is 0.247 e. The molecule has 4 rings (SSSR count). The molecule has 9 nitrogen and oxygen atoms in total. The molecular formula is C13H19N7O2S. The fourth-order valence-corrected chi connectivity index (χ4v) is 3.47. The molecule has 10 heteroatoms. The third-order valence-electron chi connectivity index (χ3n) is 4.52. The highest BCUT2D eigenvalue weighted by molar-refractivity contribution is 7.80. The largest absolute Gasteiger partial charge is 0.378 e. The number of thiocarbonyl (C=S) groups is 1. The molecule has 2 saturated heterocycles. The number of anilines is 2. The van der Waals surface area contributed by atoms with Crippen molar-refractivity contribution in [1.29, 1.82) is 0 Å². The van der Waals surface area contributed by atoms with Crippen LogP contribution in [0.15, 0.2) is 0 Å². The van der Waals surface area contributed by atoms with E-state index in [0.29, 0.717) is 43.1 Å². The second-order valence-corrected chi connectivity index (χ2v) is 6.54. The maximum absolute atomic E-state index is 12.4. The van der Waals surface area contributed by atoms with Crippen LogP contribution in [0, 0.1) is 0 Å². The molecule has 1 unspecified atom stereocenters. The molecule has 0 aliphatic carbocycles. The van der Waals surface area contributed by atoms with Gasteiger partial charge < -0.3 is 9.64 Å². The van der Waals surface area contributed by atoms with Gasteiger partial charge in [0.15, 0.2) is 0 Å². The molecular weight excluding hydrogens is 318 g/mol. The zero-order valence-electron chi connectivity index (χ0n) is 13.2. The van der Waals surface area contributed by atoms with Crippen LogP contribution in [-0.4, -0.2) is 69.8 Å². The van der Waals surface area contributed by atoms with Crippen molar-refractivity contribution in [1.82, 2.24) is 25.2 Å². The van der Waals surface area contributed by atoms with Crippen LogP contribution in [0.3, 0.4) is 0 Å². The molecule has 2 fully saturated rings. The molecule has 0 radical (unpaired) electrons. The number of carbonyl (C=O) groups is 1. The van der Waals surface area contributed by atoms with E-state index in [-0.39, 0.29) is 5.91 Å². The van der Waals surface area contributed by atoms with E-state index < -0.39 is 5.66 Å². The van der Waals surface area contributed by atoms with Gasteiger partial charge in [0, 0.05) is 26.6 Å². The number of rotatable bonds is 1. The fourth-order valence-electron chi connectivity index (χ4n) is 3.30. The topological polar surface area (TPSA) is 78.8 Å². The maximum atomic E-state index is 12.4. The monoisotopic (exact) mass is 337 g/mol. The Morgan fingerprint density at radius 2 is 2.09 bits per heavy atom. The van der Waals surface area contributed by atoms with Crippen LogP contribution < -0.4 is 15.2 Å². The van der Waals surface area contributed by atoms with Gasteiger partial charge in [-0.3, -0.25) is 14.7 Å². The average molecular weight is 337 g/mol. The number of nitrogens with one attached hydrogen (secondary N) is 1. The van der Waals surface area contributed by atoms with Crippen molar-refractivity contribution in [3.63, 3.8) is 0 Å². The number of hydrogen-bond donors (Lipinski definition) is 1. The number of morpholine rings is 1. The highest BCUT2D eigenvalue weighted by Gasteiger charge is 2.48. The lowest BCUT2D eigenvalue weighted by molar-refractivity contribution is -0.117.